The van der Waals surface area contributed by atoms with E-state index in [0.29, 0.717) is 36.4 Å². The Hall–Kier alpha value is -1.85. The first-order valence-electron chi connectivity index (χ1n) is 11.2. The van der Waals surface area contributed by atoms with Gasteiger partial charge < -0.3 is 13.9 Å². The Morgan fingerprint density at radius 3 is 2.03 bits per heavy atom. The molecule has 0 unspecified atom stereocenters. The van der Waals surface area contributed by atoms with Gasteiger partial charge in [0.2, 0.25) is 8.32 Å². The fourth-order valence-electron chi connectivity index (χ4n) is 4.48. The summed E-state index contributed by atoms with van der Waals surface area (Å²) in [5.41, 5.74) is 3.52. The van der Waals surface area contributed by atoms with Gasteiger partial charge in [0.1, 0.15) is 12.3 Å². The molecule has 0 aliphatic heterocycles. The number of hydrogen-bond donors (Lipinski definition) is 0. The lowest BCUT2D eigenvalue weighted by Crippen LogP contribution is -2.47. The van der Waals surface area contributed by atoms with Gasteiger partial charge in [-0.3, -0.25) is 4.98 Å². The summed E-state index contributed by atoms with van der Waals surface area (Å²) >= 11 is 0. The summed E-state index contributed by atoms with van der Waals surface area (Å²) in [4.78, 5) is 4.62. The molecular formula is C25H39NO3Si. The molecule has 4 nitrogen and oxygen atoms in total. The summed E-state index contributed by atoms with van der Waals surface area (Å²) in [6, 6.07) is 12.1. The fourth-order valence-corrected chi connectivity index (χ4v) is 9.86. The molecule has 1 aromatic carbocycles. The second-order valence-electron chi connectivity index (χ2n) is 8.81. The number of hydrogen-bond acceptors (Lipinski definition) is 4. The number of pyridine rings is 1. The van der Waals surface area contributed by atoms with E-state index in [-0.39, 0.29) is 0 Å². The van der Waals surface area contributed by atoms with E-state index < -0.39 is 8.32 Å². The molecule has 0 fully saturated rings. The average molecular weight is 430 g/mol. The van der Waals surface area contributed by atoms with Crippen LogP contribution in [0.3, 0.4) is 0 Å². The van der Waals surface area contributed by atoms with Crippen LogP contribution in [0.5, 0.6) is 11.5 Å². The normalized spacial score (nSPS) is 12.1. The minimum atomic E-state index is -1.99. The zero-order valence-electron chi connectivity index (χ0n) is 19.8. The van der Waals surface area contributed by atoms with Gasteiger partial charge in [0, 0.05) is 12.3 Å². The molecule has 0 atom stereocenters. The van der Waals surface area contributed by atoms with Crippen molar-refractivity contribution < 1.29 is 13.9 Å². The van der Waals surface area contributed by atoms with E-state index in [1.807, 2.05) is 24.3 Å². The van der Waals surface area contributed by atoms with Gasteiger partial charge in [0.25, 0.3) is 0 Å². The van der Waals surface area contributed by atoms with Crippen LogP contribution in [0.15, 0.2) is 42.6 Å². The van der Waals surface area contributed by atoms with Crippen molar-refractivity contribution in [2.75, 3.05) is 6.61 Å². The maximum Gasteiger partial charge on any atom is 0.200 e. The van der Waals surface area contributed by atoms with Crippen LogP contribution < -0.4 is 9.47 Å². The summed E-state index contributed by atoms with van der Waals surface area (Å²) in [5.74, 6) is 1.45. The van der Waals surface area contributed by atoms with Crippen molar-refractivity contribution in [3.8, 4) is 11.5 Å². The average Bonchev–Trinajstić information content (AvgIpc) is 2.71. The van der Waals surface area contributed by atoms with Crippen LogP contribution in [0.25, 0.3) is 0 Å². The minimum Gasteiger partial charge on any atom is -0.488 e. The number of benzene rings is 1. The van der Waals surface area contributed by atoms with E-state index in [4.69, 9.17) is 13.9 Å². The van der Waals surface area contributed by atoms with Gasteiger partial charge in [-0.15, -0.1) is 0 Å². The van der Waals surface area contributed by atoms with Crippen LogP contribution in [-0.2, 0) is 17.6 Å². The highest BCUT2D eigenvalue weighted by Crippen LogP contribution is 2.43. The zero-order valence-corrected chi connectivity index (χ0v) is 20.8. The molecule has 0 bridgehead atoms. The molecule has 1 heterocycles. The Morgan fingerprint density at radius 2 is 1.47 bits per heavy atom. The van der Waals surface area contributed by atoms with E-state index in [2.05, 4.69) is 65.6 Å². The first-order chi connectivity index (χ1) is 14.3. The first kappa shape index (κ1) is 24.4. The lowest BCUT2D eigenvalue weighted by atomic mass is 10.2. The lowest BCUT2D eigenvalue weighted by Gasteiger charge is -2.42. The van der Waals surface area contributed by atoms with E-state index in [9.17, 15) is 0 Å². The van der Waals surface area contributed by atoms with Crippen molar-refractivity contribution in [3.63, 3.8) is 0 Å². The van der Waals surface area contributed by atoms with Crippen molar-refractivity contribution >= 4 is 8.32 Å². The smallest absolute Gasteiger partial charge is 0.200 e. The quantitative estimate of drug-likeness (QED) is 0.336. The van der Waals surface area contributed by atoms with Crippen molar-refractivity contribution in [3.05, 3.63) is 53.9 Å². The molecular weight excluding hydrogens is 390 g/mol. The Labute approximate surface area is 184 Å². The van der Waals surface area contributed by atoms with Crippen LogP contribution in [0.4, 0.5) is 0 Å². The van der Waals surface area contributed by atoms with E-state index >= 15 is 0 Å². The molecule has 30 heavy (non-hydrogen) atoms. The van der Waals surface area contributed by atoms with Crippen LogP contribution in [0, 0.1) is 0 Å². The topological polar surface area (TPSA) is 40.6 Å². The largest absolute Gasteiger partial charge is 0.488 e. The third-order valence-corrected chi connectivity index (χ3v) is 11.9. The molecule has 0 radical (unpaired) electrons. The van der Waals surface area contributed by atoms with Crippen molar-refractivity contribution in [1.82, 2.24) is 4.98 Å². The first-order valence-corrected chi connectivity index (χ1v) is 13.4. The van der Waals surface area contributed by atoms with Crippen LogP contribution in [0.2, 0.25) is 16.6 Å². The molecule has 0 N–H and O–H groups in total. The van der Waals surface area contributed by atoms with Crippen molar-refractivity contribution in [2.24, 2.45) is 0 Å². The molecule has 166 valence electrons. The van der Waals surface area contributed by atoms with Gasteiger partial charge in [-0.2, -0.15) is 0 Å². The standard InChI is InChI=1S/C25H39NO3Si/c1-8-16-27-25-23(18-29-30(19(2)3,20(4)5)21(6)7)26-15-14-24(25)28-17-22-12-10-9-11-13-22/h9-15,19-21H,8,16-18H2,1-7H3. The molecule has 0 saturated carbocycles. The van der Waals surface area contributed by atoms with E-state index in [1.165, 1.54) is 0 Å². The van der Waals surface area contributed by atoms with Crippen LogP contribution >= 0.6 is 0 Å². The number of rotatable bonds is 12. The maximum absolute atomic E-state index is 6.78. The Morgan fingerprint density at radius 1 is 0.833 bits per heavy atom. The van der Waals surface area contributed by atoms with E-state index in [0.717, 1.165) is 29.2 Å². The number of nitrogens with zero attached hydrogens (tertiary/aromatic N) is 1. The zero-order chi connectivity index (χ0) is 22.1. The SMILES string of the molecule is CCCOc1c(OCc2ccccc2)ccnc1CO[Si](C(C)C)(C(C)C)C(C)C. The van der Waals surface area contributed by atoms with E-state index in [1.54, 1.807) is 6.20 Å². The summed E-state index contributed by atoms with van der Waals surface area (Å²) in [6.45, 7) is 17.5. The molecule has 0 aliphatic carbocycles. The molecule has 5 heteroatoms. The van der Waals surface area contributed by atoms with Crippen LogP contribution in [-0.4, -0.2) is 19.9 Å². The van der Waals surface area contributed by atoms with Gasteiger partial charge in [0.05, 0.1) is 13.2 Å². The summed E-state index contributed by atoms with van der Waals surface area (Å²) in [7, 11) is -1.99. The monoisotopic (exact) mass is 429 g/mol. The van der Waals surface area contributed by atoms with Crippen LogP contribution in [0.1, 0.15) is 66.1 Å². The van der Waals surface area contributed by atoms with Gasteiger partial charge in [-0.05, 0) is 28.6 Å². The third kappa shape index (κ3) is 5.85. The highest BCUT2D eigenvalue weighted by atomic mass is 28.4. The molecule has 0 aliphatic rings. The molecule has 2 rings (SSSR count). The van der Waals surface area contributed by atoms with Crippen molar-refractivity contribution in [1.29, 1.82) is 0 Å². The summed E-state index contributed by atoms with van der Waals surface area (Å²) < 4.78 is 19.0. The maximum atomic E-state index is 6.78. The Balaban J connectivity index is 2.27. The molecule has 0 saturated heterocycles. The number of ether oxygens (including phenoxy) is 2. The predicted molar refractivity (Wildman–Crippen MR) is 127 cm³/mol. The van der Waals surface area contributed by atoms with Gasteiger partial charge in [-0.25, -0.2) is 0 Å². The van der Waals surface area contributed by atoms with Crippen molar-refractivity contribution in [2.45, 2.75) is 84.7 Å². The highest BCUT2D eigenvalue weighted by Gasteiger charge is 2.45. The molecule has 0 spiro atoms. The second kappa shape index (κ2) is 11.5. The lowest BCUT2D eigenvalue weighted by molar-refractivity contribution is 0.233. The Bertz CT molecular complexity index is 740. The minimum absolute atomic E-state index is 0.461. The summed E-state index contributed by atoms with van der Waals surface area (Å²) in [5, 5.41) is 0. The molecule has 0 amide bonds. The fraction of sp³-hybridized carbons (Fsp3) is 0.560. The molecule has 2 aromatic rings. The van der Waals surface area contributed by atoms with Gasteiger partial charge >= 0.3 is 0 Å². The number of aromatic nitrogens is 1. The summed E-state index contributed by atoms with van der Waals surface area (Å²) in [6.07, 6.45) is 2.72. The highest BCUT2D eigenvalue weighted by molar-refractivity contribution is 6.77. The second-order valence-corrected chi connectivity index (χ2v) is 14.3. The molecule has 1 aromatic heterocycles. The predicted octanol–water partition coefficient (Wildman–Crippen LogP) is 7.14. The Kier molecular flexibility index (Phi) is 9.37. The van der Waals surface area contributed by atoms with Gasteiger partial charge in [0.15, 0.2) is 11.5 Å². The van der Waals surface area contributed by atoms with Gasteiger partial charge in [-0.1, -0.05) is 78.8 Å². The third-order valence-electron chi connectivity index (χ3n) is 5.80.